The summed E-state index contributed by atoms with van der Waals surface area (Å²) in [6.45, 7) is 5.21. The molecular formula is C16H24F3N3O3. The highest BCUT2D eigenvalue weighted by Crippen LogP contribution is 2.26. The largest absolute Gasteiger partial charge is 0.480 e. The van der Waals surface area contributed by atoms with Gasteiger partial charge < -0.3 is 10.4 Å². The Labute approximate surface area is 144 Å². The molecule has 0 aromatic carbocycles. The summed E-state index contributed by atoms with van der Waals surface area (Å²) in [7, 11) is 0. The summed E-state index contributed by atoms with van der Waals surface area (Å²) in [5.41, 5.74) is 0.962. The highest BCUT2D eigenvalue weighted by atomic mass is 19.4. The molecule has 2 N–H and O–H groups in total. The smallest absolute Gasteiger partial charge is 0.408 e. The molecule has 0 spiro atoms. The van der Waals surface area contributed by atoms with Crippen LogP contribution in [-0.4, -0.2) is 39.0 Å². The van der Waals surface area contributed by atoms with Crippen molar-refractivity contribution in [2.45, 2.75) is 71.6 Å². The van der Waals surface area contributed by atoms with Crippen molar-refractivity contribution >= 4 is 11.9 Å². The Bertz CT molecular complexity index is 626. The van der Waals surface area contributed by atoms with Crippen LogP contribution < -0.4 is 5.32 Å². The number of carboxylic acid groups (broad SMARTS) is 1. The highest BCUT2D eigenvalue weighted by Gasteiger charge is 2.32. The zero-order valence-electron chi connectivity index (χ0n) is 14.8. The molecule has 2 atom stereocenters. The fraction of sp³-hybridized carbons (Fsp3) is 0.688. The molecule has 1 rings (SSSR count). The van der Waals surface area contributed by atoms with Crippen LogP contribution in [-0.2, 0) is 16.1 Å². The van der Waals surface area contributed by atoms with Crippen molar-refractivity contribution in [2.75, 3.05) is 0 Å². The van der Waals surface area contributed by atoms with Gasteiger partial charge in [-0.25, -0.2) is 4.79 Å². The number of rotatable bonds is 8. The maximum atomic E-state index is 12.6. The van der Waals surface area contributed by atoms with Gasteiger partial charge in [-0.2, -0.15) is 18.3 Å². The number of carbonyl (C=O) groups is 2. The molecule has 0 radical (unpaired) electrons. The van der Waals surface area contributed by atoms with Crippen LogP contribution in [0.4, 0.5) is 13.2 Å². The molecule has 0 fully saturated rings. The van der Waals surface area contributed by atoms with Gasteiger partial charge in [-0.15, -0.1) is 0 Å². The molecule has 0 saturated carbocycles. The Kier molecular flexibility index (Phi) is 7.01. The van der Waals surface area contributed by atoms with E-state index in [0.29, 0.717) is 24.1 Å². The average molecular weight is 363 g/mol. The minimum absolute atomic E-state index is 0.248. The molecular weight excluding hydrogens is 339 g/mol. The summed E-state index contributed by atoms with van der Waals surface area (Å²) < 4.78 is 38.6. The van der Waals surface area contributed by atoms with E-state index >= 15 is 0 Å². The third-order valence-electron chi connectivity index (χ3n) is 4.05. The lowest BCUT2D eigenvalue weighted by molar-refractivity contribution is -0.143. The predicted molar refractivity (Wildman–Crippen MR) is 85.3 cm³/mol. The van der Waals surface area contributed by atoms with E-state index in [1.165, 1.54) is 20.8 Å². The van der Waals surface area contributed by atoms with Gasteiger partial charge in [0.05, 0.1) is 11.6 Å². The minimum atomic E-state index is -4.42. The van der Waals surface area contributed by atoms with Gasteiger partial charge in [-0.3, -0.25) is 9.48 Å². The molecule has 0 aliphatic carbocycles. The number of amides is 1. The summed E-state index contributed by atoms with van der Waals surface area (Å²) in [5.74, 6) is -2.47. The summed E-state index contributed by atoms with van der Waals surface area (Å²) >= 11 is 0. The molecule has 1 unspecified atom stereocenters. The van der Waals surface area contributed by atoms with Crippen molar-refractivity contribution in [2.24, 2.45) is 0 Å². The molecule has 1 aromatic heterocycles. The number of hydrogen-bond acceptors (Lipinski definition) is 3. The van der Waals surface area contributed by atoms with Gasteiger partial charge in [0, 0.05) is 11.3 Å². The van der Waals surface area contributed by atoms with Crippen molar-refractivity contribution in [3.05, 3.63) is 17.0 Å². The third-order valence-corrected chi connectivity index (χ3v) is 4.05. The summed E-state index contributed by atoms with van der Waals surface area (Å²) in [6.07, 6.45) is -2.68. The third kappa shape index (κ3) is 5.75. The fourth-order valence-electron chi connectivity index (χ4n) is 2.75. The first-order chi connectivity index (χ1) is 11.5. The molecule has 142 valence electrons. The van der Waals surface area contributed by atoms with Crippen LogP contribution in [0.1, 0.15) is 56.0 Å². The number of aliphatic carboxylic acids is 1. The van der Waals surface area contributed by atoms with Crippen LogP contribution in [0, 0.1) is 13.8 Å². The van der Waals surface area contributed by atoms with Gasteiger partial charge >= 0.3 is 12.1 Å². The molecule has 6 nitrogen and oxygen atoms in total. The molecule has 9 heteroatoms. The van der Waals surface area contributed by atoms with E-state index in [1.807, 2.05) is 6.92 Å². The minimum Gasteiger partial charge on any atom is -0.480 e. The van der Waals surface area contributed by atoms with Crippen LogP contribution in [0.25, 0.3) is 0 Å². The van der Waals surface area contributed by atoms with Crippen LogP contribution in [0.5, 0.6) is 0 Å². The maximum absolute atomic E-state index is 12.6. The van der Waals surface area contributed by atoms with E-state index in [2.05, 4.69) is 10.4 Å². The molecule has 0 aliphatic heterocycles. The molecule has 1 heterocycles. The monoisotopic (exact) mass is 363 g/mol. The normalized spacial score (nSPS) is 14.2. The number of carbonyl (C=O) groups excluding carboxylic acids is 1. The predicted octanol–water partition coefficient (Wildman–Crippen LogP) is 2.93. The summed E-state index contributed by atoms with van der Waals surface area (Å²) in [5, 5.41) is 15.5. The molecule has 0 saturated heterocycles. The standard InChI is InChI=1S/C16H24F3N3O3/c1-5-6-7-12(15(24)25)20-14(23)9(2)13-10(3)21-22(11(13)4)8-16(17,18)19/h9,12H,5-8H2,1-4H3,(H,20,23)(H,24,25)/t9?,12-/m0/s1. The van der Waals surface area contributed by atoms with Crippen molar-refractivity contribution in [3.63, 3.8) is 0 Å². The Morgan fingerprint density at radius 3 is 2.40 bits per heavy atom. The number of hydrogen-bond donors (Lipinski definition) is 2. The van der Waals surface area contributed by atoms with E-state index in [0.717, 1.165) is 11.1 Å². The van der Waals surface area contributed by atoms with Gasteiger partial charge in [-0.1, -0.05) is 19.8 Å². The molecule has 25 heavy (non-hydrogen) atoms. The number of alkyl halides is 3. The van der Waals surface area contributed by atoms with E-state index in [-0.39, 0.29) is 5.69 Å². The number of nitrogens with zero attached hydrogens (tertiary/aromatic N) is 2. The Hall–Kier alpha value is -2.06. The van der Waals surface area contributed by atoms with Gasteiger partial charge in [0.2, 0.25) is 5.91 Å². The maximum Gasteiger partial charge on any atom is 0.408 e. The van der Waals surface area contributed by atoms with Gasteiger partial charge in [-0.05, 0) is 27.2 Å². The average Bonchev–Trinajstić information content (AvgIpc) is 2.74. The van der Waals surface area contributed by atoms with Crippen molar-refractivity contribution in [1.82, 2.24) is 15.1 Å². The van der Waals surface area contributed by atoms with Crippen molar-refractivity contribution in [3.8, 4) is 0 Å². The molecule has 0 bridgehead atoms. The van der Waals surface area contributed by atoms with Crippen LogP contribution >= 0.6 is 0 Å². The highest BCUT2D eigenvalue weighted by molar-refractivity contribution is 5.88. The first kappa shape index (κ1) is 21.0. The van der Waals surface area contributed by atoms with E-state index in [9.17, 15) is 27.9 Å². The van der Waals surface area contributed by atoms with Gasteiger partial charge in [0.15, 0.2) is 0 Å². The molecule has 1 aromatic rings. The fourth-order valence-corrected chi connectivity index (χ4v) is 2.75. The van der Waals surface area contributed by atoms with Gasteiger partial charge in [0.25, 0.3) is 0 Å². The van der Waals surface area contributed by atoms with Gasteiger partial charge in [0.1, 0.15) is 12.6 Å². The lowest BCUT2D eigenvalue weighted by Gasteiger charge is -2.18. The Morgan fingerprint density at radius 1 is 1.32 bits per heavy atom. The first-order valence-electron chi connectivity index (χ1n) is 8.11. The van der Waals surface area contributed by atoms with Crippen molar-refractivity contribution < 1.29 is 27.9 Å². The number of aryl methyl sites for hydroxylation is 1. The van der Waals surface area contributed by atoms with Crippen LogP contribution in [0.2, 0.25) is 0 Å². The Morgan fingerprint density at radius 2 is 1.92 bits per heavy atom. The second-order valence-electron chi connectivity index (χ2n) is 6.12. The first-order valence-corrected chi connectivity index (χ1v) is 8.11. The molecule has 1 amide bonds. The lowest BCUT2D eigenvalue weighted by Crippen LogP contribution is -2.42. The van der Waals surface area contributed by atoms with Crippen LogP contribution in [0.3, 0.4) is 0 Å². The zero-order valence-corrected chi connectivity index (χ0v) is 14.8. The summed E-state index contributed by atoms with van der Waals surface area (Å²) in [6, 6.07) is -1.01. The quantitative estimate of drug-likeness (QED) is 0.744. The zero-order chi connectivity index (χ0) is 19.4. The van der Waals surface area contributed by atoms with Crippen molar-refractivity contribution in [1.29, 1.82) is 0 Å². The number of nitrogens with one attached hydrogen (secondary N) is 1. The topological polar surface area (TPSA) is 84.2 Å². The van der Waals surface area contributed by atoms with E-state index < -0.39 is 36.6 Å². The number of aromatic nitrogens is 2. The number of carboxylic acids is 1. The second-order valence-corrected chi connectivity index (χ2v) is 6.12. The number of unbranched alkanes of at least 4 members (excludes halogenated alkanes) is 1. The van der Waals surface area contributed by atoms with E-state index in [1.54, 1.807) is 0 Å². The number of halogens is 3. The second kappa shape index (κ2) is 8.35. The van der Waals surface area contributed by atoms with Crippen LogP contribution in [0.15, 0.2) is 0 Å². The summed E-state index contributed by atoms with van der Waals surface area (Å²) in [4.78, 5) is 23.6. The van der Waals surface area contributed by atoms with E-state index in [4.69, 9.17) is 0 Å². The SMILES string of the molecule is CCCC[C@H](NC(=O)C(C)c1c(C)nn(CC(F)(F)F)c1C)C(=O)O. The Balaban J connectivity index is 2.96. The molecule has 0 aliphatic rings. The lowest BCUT2D eigenvalue weighted by atomic mass is 9.97.